The van der Waals surface area contributed by atoms with E-state index in [9.17, 15) is 14.0 Å². The van der Waals surface area contributed by atoms with Gasteiger partial charge in [0.15, 0.2) is 0 Å². The van der Waals surface area contributed by atoms with Gasteiger partial charge in [0.05, 0.1) is 6.61 Å². The highest BCUT2D eigenvalue weighted by Crippen LogP contribution is 2.48. The monoisotopic (exact) mass is 490 g/mol. The quantitative estimate of drug-likeness (QED) is 0.453. The molecule has 0 aromatic heterocycles. The van der Waals surface area contributed by atoms with Gasteiger partial charge in [-0.05, 0) is 66.4 Å². The number of hydrogen-bond donors (Lipinski definition) is 2. The molecule has 0 saturated carbocycles. The van der Waals surface area contributed by atoms with Crippen molar-refractivity contribution >= 4 is 11.8 Å². The number of carbonyl (C=O) groups is 2. The van der Waals surface area contributed by atoms with Gasteiger partial charge in [0.2, 0.25) is 5.91 Å². The highest BCUT2D eigenvalue weighted by atomic mass is 19.1. The maximum absolute atomic E-state index is 13.5. The van der Waals surface area contributed by atoms with Crippen LogP contribution in [0.25, 0.3) is 11.1 Å². The molecule has 2 unspecified atom stereocenters. The van der Waals surface area contributed by atoms with Crippen LogP contribution in [0.15, 0.2) is 60.7 Å². The van der Waals surface area contributed by atoms with Crippen LogP contribution in [0.2, 0.25) is 0 Å². The second kappa shape index (κ2) is 10.8. The van der Waals surface area contributed by atoms with E-state index in [2.05, 4.69) is 10.6 Å². The van der Waals surface area contributed by atoms with Crippen molar-refractivity contribution < 1.29 is 23.5 Å². The summed E-state index contributed by atoms with van der Waals surface area (Å²) in [7, 11) is 1.58. The Bertz CT molecular complexity index is 1260. The Morgan fingerprint density at radius 1 is 1.06 bits per heavy atom. The Kier molecular flexibility index (Phi) is 7.58. The van der Waals surface area contributed by atoms with Crippen LogP contribution in [-0.2, 0) is 4.79 Å². The summed E-state index contributed by atoms with van der Waals surface area (Å²) in [5, 5.41) is 5.67. The number of likely N-dealkylation sites (N-methyl/N-ethyl adjacent to an activating group) is 1. The number of benzene rings is 3. The fourth-order valence-electron chi connectivity index (χ4n) is 4.36. The average molecular weight is 491 g/mol. The lowest BCUT2D eigenvalue weighted by atomic mass is 9.88. The number of rotatable bonds is 8. The Morgan fingerprint density at radius 3 is 2.47 bits per heavy atom. The summed E-state index contributed by atoms with van der Waals surface area (Å²) in [6, 6.07) is 17.0. The van der Waals surface area contributed by atoms with Gasteiger partial charge < -0.3 is 20.1 Å². The third-order valence-electron chi connectivity index (χ3n) is 6.15. The average Bonchev–Trinajstić information content (AvgIpc) is 3.26. The molecule has 0 fully saturated rings. The second-order valence-corrected chi connectivity index (χ2v) is 9.18. The fraction of sp³-hybridized carbons (Fsp3) is 0.310. The lowest BCUT2D eigenvalue weighted by Gasteiger charge is -2.18. The maximum Gasteiger partial charge on any atom is 0.251 e. The minimum atomic E-state index is -0.622. The molecule has 0 saturated heterocycles. The summed E-state index contributed by atoms with van der Waals surface area (Å²) in [6.45, 7) is 7.03. The molecule has 3 aromatic carbocycles. The van der Waals surface area contributed by atoms with E-state index < -0.39 is 12.0 Å². The van der Waals surface area contributed by atoms with Crippen LogP contribution < -0.4 is 20.1 Å². The summed E-state index contributed by atoms with van der Waals surface area (Å²) < 4.78 is 25.6. The van der Waals surface area contributed by atoms with Crippen LogP contribution >= 0.6 is 0 Å². The van der Waals surface area contributed by atoms with Gasteiger partial charge in [-0.25, -0.2) is 4.39 Å². The van der Waals surface area contributed by atoms with E-state index >= 15 is 0 Å². The number of ether oxygens (including phenoxy) is 2. The Hall–Kier alpha value is -3.87. The Labute approximate surface area is 210 Å². The van der Waals surface area contributed by atoms with Crippen molar-refractivity contribution in [1.29, 1.82) is 0 Å². The summed E-state index contributed by atoms with van der Waals surface area (Å²) in [5.41, 5.74) is 3.50. The van der Waals surface area contributed by atoms with Gasteiger partial charge in [0, 0.05) is 30.3 Å². The first kappa shape index (κ1) is 25.2. The fourth-order valence-corrected chi connectivity index (χ4v) is 4.36. The van der Waals surface area contributed by atoms with Crippen molar-refractivity contribution in [2.75, 3.05) is 20.2 Å². The molecule has 0 aliphatic carbocycles. The molecule has 188 valence electrons. The first-order chi connectivity index (χ1) is 17.3. The van der Waals surface area contributed by atoms with E-state index in [4.69, 9.17) is 9.47 Å². The van der Waals surface area contributed by atoms with E-state index in [1.165, 1.54) is 12.1 Å². The van der Waals surface area contributed by atoms with Gasteiger partial charge in [-0.3, -0.25) is 9.59 Å². The molecule has 2 atom stereocenters. The molecule has 0 spiro atoms. The molecule has 0 bridgehead atoms. The van der Waals surface area contributed by atoms with Gasteiger partial charge in [-0.2, -0.15) is 0 Å². The lowest BCUT2D eigenvalue weighted by molar-refractivity contribution is -0.123. The number of fused-ring (bicyclic) bond motifs is 1. The third-order valence-corrected chi connectivity index (χ3v) is 6.15. The van der Waals surface area contributed by atoms with E-state index in [0.717, 1.165) is 16.7 Å². The van der Waals surface area contributed by atoms with Crippen molar-refractivity contribution in [2.24, 2.45) is 5.92 Å². The molecule has 1 aliphatic heterocycles. The zero-order chi connectivity index (χ0) is 25.8. The SMILES string of the molecule is CCOc1ccc(C(=O)NCC(C)C)cc1-c1ccc2c(c1)C(C(=O)NC)C(c1ccc(F)cc1)O2. The van der Waals surface area contributed by atoms with Crippen LogP contribution in [-0.4, -0.2) is 32.0 Å². The number of hydrogen-bond acceptors (Lipinski definition) is 4. The molecule has 7 heteroatoms. The molecule has 3 aromatic rings. The van der Waals surface area contributed by atoms with Gasteiger partial charge in [-0.15, -0.1) is 0 Å². The molecule has 2 amide bonds. The molecule has 2 N–H and O–H groups in total. The van der Waals surface area contributed by atoms with Crippen molar-refractivity contribution in [1.82, 2.24) is 10.6 Å². The second-order valence-electron chi connectivity index (χ2n) is 9.18. The minimum Gasteiger partial charge on any atom is -0.493 e. The number of carbonyl (C=O) groups excluding carboxylic acids is 2. The Balaban J connectivity index is 1.75. The van der Waals surface area contributed by atoms with Gasteiger partial charge in [-0.1, -0.05) is 32.0 Å². The van der Waals surface area contributed by atoms with Crippen LogP contribution in [0.3, 0.4) is 0 Å². The van der Waals surface area contributed by atoms with Gasteiger partial charge in [0.1, 0.15) is 29.3 Å². The number of nitrogens with one attached hydrogen (secondary N) is 2. The van der Waals surface area contributed by atoms with E-state index in [1.54, 1.807) is 31.3 Å². The normalized spacial score (nSPS) is 16.3. The zero-order valence-corrected chi connectivity index (χ0v) is 20.9. The largest absolute Gasteiger partial charge is 0.493 e. The predicted molar refractivity (Wildman–Crippen MR) is 137 cm³/mol. The van der Waals surface area contributed by atoms with Crippen molar-refractivity contribution in [2.45, 2.75) is 32.8 Å². The van der Waals surface area contributed by atoms with E-state index in [1.807, 2.05) is 45.0 Å². The topological polar surface area (TPSA) is 76.7 Å². The molecular weight excluding hydrogens is 459 g/mol. The molecule has 4 rings (SSSR count). The maximum atomic E-state index is 13.5. The van der Waals surface area contributed by atoms with Crippen LogP contribution in [0.1, 0.15) is 54.3 Å². The van der Waals surface area contributed by atoms with Crippen molar-refractivity contribution in [3.05, 3.63) is 83.2 Å². The van der Waals surface area contributed by atoms with Crippen molar-refractivity contribution in [3.63, 3.8) is 0 Å². The first-order valence-corrected chi connectivity index (χ1v) is 12.2. The minimum absolute atomic E-state index is 0.155. The molecule has 36 heavy (non-hydrogen) atoms. The van der Waals surface area contributed by atoms with Gasteiger partial charge >= 0.3 is 0 Å². The van der Waals surface area contributed by atoms with Crippen LogP contribution in [0, 0.1) is 11.7 Å². The summed E-state index contributed by atoms with van der Waals surface area (Å²) in [6.07, 6.45) is -0.588. The van der Waals surface area contributed by atoms with Crippen LogP contribution in [0.5, 0.6) is 11.5 Å². The Morgan fingerprint density at radius 2 is 1.81 bits per heavy atom. The standard InChI is InChI=1S/C29H31FN2O4/c1-5-35-24-12-9-20(28(33)32-16-17(2)3)15-22(24)19-8-13-25-23(14-19)26(29(34)31-4)27(36-25)18-6-10-21(30)11-7-18/h6-15,17,26-27H,5,16H2,1-4H3,(H,31,34)(H,32,33). The summed E-state index contributed by atoms with van der Waals surface area (Å²) >= 11 is 0. The predicted octanol–water partition coefficient (Wildman–Crippen LogP) is 5.24. The number of halogens is 1. The summed E-state index contributed by atoms with van der Waals surface area (Å²) in [4.78, 5) is 25.7. The van der Waals surface area contributed by atoms with Gasteiger partial charge in [0.25, 0.3) is 5.91 Å². The lowest BCUT2D eigenvalue weighted by Crippen LogP contribution is -2.28. The van der Waals surface area contributed by atoms with Crippen molar-refractivity contribution in [3.8, 4) is 22.6 Å². The van der Waals surface area contributed by atoms with E-state index in [-0.39, 0.29) is 17.6 Å². The molecule has 1 heterocycles. The number of amides is 2. The molecule has 6 nitrogen and oxygen atoms in total. The molecule has 1 aliphatic rings. The highest BCUT2D eigenvalue weighted by Gasteiger charge is 2.40. The smallest absolute Gasteiger partial charge is 0.251 e. The first-order valence-electron chi connectivity index (χ1n) is 12.2. The third kappa shape index (κ3) is 5.20. The molecule has 0 radical (unpaired) electrons. The van der Waals surface area contributed by atoms with Crippen LogP contribution in [0.4, 0.5) is 4.39 Å². The molecular formula is C29H31FN2O4. The summed E-state index contributed by atoms with van der Waals surface area (Å²) in [5.74, 6) is 0.235. The highest BCUT2D eigenvalue weighted by molar-refractivity contribution is 5.96. The zero-order valence-electron chi connectivity index (χ0n) is 20.9. The van der Waals surface area contributed by atoms with E-state index in [0.29, 0.717) is 41.7 Å².